The van der Waals surface area contributed by atoms with Gasteiger partial charge in [-0.2, -0.15) is 18.2 Å². The van der Waals surface area contributed by atoms with Crippen molar-refractivity contribution in [3.05, 3.63) is 52.1 Å². The van der Waals surface area contributed by atoms with Crippen molar-refractivity contribution < 1.29 is 27.6 Å². The number of fused-ring (bicyclic) bond motifs is 1. The van der Waals surface area contributed by atoms with Crippen LogP contribution in [0.15, 0.2) is 35.3 Å². The maximum absolute atomic E-state index is 13.4. The molecule has 0 aliphatic heterocycles. The molecule has 0 aliphatic carbocycles. The number of hydrogen-bond donors (Lipinski definition) is 4. The zero-order chi connectivity index (χ0) is 29.4. The fourth-order valence-corrected chi connectivity index (χ4v) is 3.49. The summed E-state index contributed by atoms with van der Waals surface area (Å²) in [5.74, 6) is -3.54. The molecular weight excluding hydrogens is 533 g/mol. The number of halogens is 3. The molecule has 0 fully saturated rings. The van der Waals surface area contributed by atoms with Gasteiger partial charge in [0, 0.05) is 23.7 Å². The fraction of sp³-hybridized carbons (Fsp3) is 0.400. The average molecular weight is 563 g/mol. The van der Waals surface area contributed by atoms with E-state index in [1.807, 2.05) is 0 Å². The molecule has 40 heavy (non-hydrogen) atoms. The molecule has 0 radical (unpaired) electrons. The number of carbonyl (C=O) groups is 3. The van der Waals surface area contributed by atoms with Crippen LogP contribution in [-0.2, 0) is 16.1 Å². The van der Waals surface area contributed by atoms with E-state index in [1.54, 1.807) is 13.8 Å². The summed E-state index contributed by atoms with van der Waals surface area (Å²) in [4.78, 5) is 63.8. The third-order valence-corrected chi connectivity index (χ3v) is 5.65. The van der Waals surface area contributed by atoms with Gasteiger partial charge in [0.25, 0.3) is 11.5 Å². The van der Waals surface area contributed by atoms with E-state index in [0.717, 1.165) is 25.5 Å². The molecule has 2 heterocycles. The fourth-order valence-electron chi connectivity index (χ4n) is 3.49. The van der Waals surface area contributed by atoms with Gasteiger partial charge < -0.3 is 11.1 Å². The molecule has 15 heteroatoms. The van der Waals surface area contributed by atoms with Crippen molar-refractivity contribution in [3.8, 4) is 0 Å². The third-order valence-electron chi connectivity index (χ3n) is 5.65. The normalized spacial score (nSPS) is 11.5. The minimum atomic E-state index is -5.22. The van der Waals surface area contributed by atoms with Crippen LogP contribution in [0.25, 0.3) is 11.2 Å². The lowest BCUT2D eigenvalue weighted by Gasteiger charge is -2.23. The van der Waals surface area contributed by atoms with Gasteiger partial charge in [0.15, 0.2) is 11.2 Å². The van der Waals surface area contributed by atoms with Crippen LogP contribution in [0, 0.1) is 5.92 Å². The summed E-state index contributed by atoms with van der Waals surface area (Å²) < 4.78 is 40.3. The lowest BCUT2D eigenvalue weighted by molar-refractivity contribution is -0.170. The summed E-state index contributed by atoms with van der Waals surface area (Å²) in [6.45, 7) is 3.57. The van der Waals surface area contributed by atoms with Gasteiger partial charge in [0.05, 0.1) is 18.4 Å². The van der Waals surface area contributed by atoms with Crippen molar-refractivity contribution in [2.75, 3.05) is 23.3 Å². The number of nitrogens with one attached hydrogen (secondary N) is 3. The van der Waals surface area contributed by atoms with Crippen LogP contribution in [0.3, 0.4) is 0 Å². The highest BCUT2D eigenvalue weighted by Crippen LogP contribution is 2.26. The van der Waals surface area contributed by atoms with Crippen LogP contribution in [0.2, 0.25) is 0 Å². The molecule has 3 amide bonds. The third kappa shape index (κ3) is 7.81. The molecule has 0 saturated heterocycles. The van der Waals surface area contributed by atoms with E-state index < -0.39 is 36.0 Å². The summed E-state index contributed by atoms with van der Waals surface area (Å²) in [5, 5.41) is 5.14. The summed E-state index contributed by atoms with van der Waals surface area (Å²) in [6.07, 6.45) is -1.73. The van der Waals surface area contributed by atoms with Crippen molar-refractivity contribution in [2.24, 2.45) is 11.7 Å². The zero-order valence-corrected chi connectivity index (χ0v) is 21.8. The molecule has 0 atom stereocenters. The van der Waals surface area contributed by atoms with Gasteiger partial charge >= 0.3 is 12.1 Å². The van der Waals surface area contributed by atoms with Crippen LogP contribution in [0.1, 0.15) is 49.2 Å². The molecule has 2 aromatic heterocycles. The van der Waals surface area contributed by atoms with E-state index in [2.05, 4.69) is 30.6 Å². The zero-order valence-electron chi connectivity index (χ0n) is 21.8. The molecule has 5 N–H and O–H groups in total. The summed E-state index contributed by atoms with van der Waals surface area (Å²) in [6, 6.07) is 5.02. The maximum Gasteiger partial charge on any atom is 0.471 e. The van der Waals surface area contributed by atoms with Gasteiger partial charge in [-0.25, -0.2) is 9.97 Å². The van der Waals surface area contributed by atoms with Crippen LogP contribution in [0.5, 0.6) is 0 Å². The minimum Gasteiger partial charge on any atom is -0.352 e. The molecular formula is C25H29F3N8O4. The first kappa shape index (κ1) is 30.1. The van der Waals surface area contributed by atoms with Crippen molar-refractivity contribution >= 4 is 40.5 Å². The van der Waals surface area contributed by atoms with Crippen LogP contribution in [-0.4, -0.2) is 56.9 Å². The van der Waals surface area contributed by atoms with Crippen molar-refractivity contribution in [1.29, 1.82) is 0 Å². The maximum atomic E-state index is 13.4. The lowest BCUT2D eigenvalue weighted by Crippen LogP contribution is -2.41. The second kappa shape index (κ2) is 13.1. The minimum absolute atomic E-state index is 0.129. The summed E-state index contributed by atoms with van der Waals surface area (Å²) >= 11 is 0. The van der Waals surface area contributed by atoms with Gasteiger partial charge in [-0.05, 0) is 43.7 Å². The molecule has 214 valence electrons. The number of unbranched alkanes of at least 4 members (excludes halogenated alkanes) is 2. The summed E-state index contributed by atoms with van der Waals surface area (Å²) in [7, 11) is 0. The lowest BCUT2D eigenvalue weighted by atomic mass is 10.1. The number of nitrogens with two attached hydrogens (primary N) is 1. The Labute approximate surface area is 226 Å². The number of alkyl halides is 3. The Balaban J connectivity index is 1.84. The van der Waals surface area contributed by atoms with Crippen molar-refractivity contribution in [2.45, 2.75) is 45.8 Å². The first-order valence-electron chi connectivity index (χ1n) is 12.4. The van der Waals surface area contributed by atoms with Gasteiger partial charge in [-0.3, -0.25) is 34.4 Å². The number of anilines is 2. The number of H-pyrrole nitrogens is 1. The SMILES string of the molecule is CC(C)C(=O)Nc1nc2ncc(CN(C(=O)C(F)(F)F)c3ccc(C(=O)NCCCCCN)cc3)nc2c(=O)[nH]1. The van der Waals surface area contributed by atoms with E-state index in [0.29, 0.717) is 18.0 Å². The Bertz CT molecular complexity index is 1420. The second-order valence-electron chi connectivity index (χ2n) is 9.13. The smallest absolute Gasteiger partial charge is 0.352 e. The van der Waals surface area contributed by atoms with Gasteiger partial charge in [0.2, 0.25) is 11.9 Å². The van der Waals surface area contributed by atoms with E-state index in [4.69, 9.17) is 5.73 Å². The molecule has 0 spiro atoms. The number of aromatic amines is 1. The quantitative estimate of drug-likeness (QED) is 0.257. The van der Waals surface area contributed by atoms with Gasteiger partial charge in [0.1, 0.15) is 0 Å². The Morgan fingerprint density at radius 1 is 1.07 bits per heavy atom. The number of rotatable bonds is 11. The topological polar surface area (TPSA) is 176 Å². The second-order valence-corrected chi connectivity index (χ2v) is 9.13. The Morgan fingerprint density at radius 2 is 1.77 bits per heavy atom. The first-order chi connectivity index (χ1) is 18.9. The van der Waals surface area contributed by atoms with Crippen molar-refractivity contribution in [3.63, 3.8) is 0 Å². The highest BCUT2D eigenvalue weighted by atomic mass is 19.4. The van der Waals surface area contributed by atoms with Crippen molar-refractivity contribution in [1.82, 2.24) is 25.3 Å². The van der Waals surface area contributed by atoms with Crippen LogP contribution in [0.4, 0.5) is 24.8 Å². The molecule has 0 bridgehead atoms. The summed E-state index contributed by atoms with van der Waals surface area (Å²) in [5.41, 5.74) is 4.12. The number of aromatic nitrogens is 4. The largest absolute Gasteiger partial charge is 0.471 e. The Morgan fingerprint density at radius 3 is 2.40 bits per heavy atom. The standard InChI is InChI=1S/C25H29F3N8O4/c1-14(2)20(37)34-24-33-19-18(22(39)35-24)32-16(12-31-19)13-36(23(40)25(26,27)28)17-8-6-15(7-9-17)21(38)30-11-5-3-4-10-29/h6-9,12,14H,3-5,10-11,13,29H2,1-2H3,(H,30,38)(H2,31,33,34,35,37,39). The molecule has 3 aromatic rings. The Kier molecular flexibility index (Phi) is 9.87. The molecule has 0 aliphatic rings. The molecule has 0 unspecified atom stereocenters. The Hall–Kier alpha value is -4.40. The molecule has 1 aromatic carbocycles. The average Bonchev–Trinajstić information content (AvgIpc) is 2.91. The monoisotopic (exact) mass is 562 g/mol. The van der Waals surface area contributed by atoms with E-state index >= 15 is 0 Å². The van der Waals surface area contributed by atoms with E-state index in [-0.39, 0.29) is 40.0 Å². The number of amides is 3. The van der Waals surface area contributed by atoms with Crippen LogP contribution >= 0.6 is 0 Å². The van der Waals surface area contributed by atoms with Gasteiger partial charge in [-0.1, -0.05) is 20.3 Å². The molecule has 3 rings (SSSR count). The highest BCUT2D eigenvalue weighted by molar-refractivity contribution is 5.98. The van der Waals surface area contributed by atoms with E-state index in [9.17, 15) is 32.3 Å². The van der Waals surface area contributed by atoms with E-state index in [1.165, 1.54) is 24.3 Å². The molecule has 12 nitrogen and oxygen atoms in total. The predicted molar refractivity (Wildman–Crippen MR) is 140 cm³/mol. The number of benzene rings is 1. The first-order valence-corrected chi connectivity index (χ1v) is 12.4. The van der Waals surface area contributed by atoms with Crippen LogP contribution < -0.4 is 26.8 Å². The molecule has 0 saturated carbocycles. The predicted octanol–water partition coefficient (Wildman–Crippen LogP) is 2.26. The number of carbonyl (C=O) groups excluding carboxylic acids is 3. The van der Waals surface area contributed by atoms with Gasteiger partial charge in [-0.15, -0.1) is 0 Å². The number of hydrogen-bond acceptors (Lipinski definition) is 8. The highest BCUT2D eigenvalue weighted by Gasteiger charge is 2.43. The number of nitrogens with zero attached hydrogens (tertiary/aromatic N) is 4.